The SMILES string of the molecule is O=c1[c]n[nH][nH]1. The highest BCUT2D eigenvalue weighted by Gasteiger charge is 1.73. The van der Waals surface area contributed by atoms with Gasteiger partial charge in [0.25, 0.3) is 5.56 Å². The van der Waals surface area contributed by atoms with E-state index in [9.17, 15) is 4.79 Å². The van der Waals surface area contributed by atoms with Crippen molar-refractivity contribution in [3.05, 3.63) is 16.6 Å². The molecule has 0 unspecified atom stereocenters. The summed E-state index contributed by atoms with van der Waals surface area (Å²) in [6, 6.07) is 0. The van der Waals surface area contributed by atoms with E-state index in [1.54, 1.807) is 0 Å². The largest absolute Gasteiger partial charge is 0.293 e. The Hall–Kier alpha value is -1.06. The first-order valence-electron chi connectivity index (χ1n) is 1.40. The van der Waals surface area contributed by atoms with E-state index in [0.717, 1.165) is 0 Å². The molecule has 0 aliphatic carbocycles. The van der Waals surface area contributed by atoms with Crippen LogP contribution in [0.15, 0.2) is 4.79 Å². The van der Waals surface area contributed by atoms with E-state index >= 15 is 0 Å². The number of hydrogen-bond donors (Lipinski definition) is 2. The second-order valence-corrected chi connectivity index (χ2v) is 0.790. The number of rotatable bonds is 0. The molecule has 2 N–H and O–H groups in total. The zero-order chi connectivity index (χ0) is 4.41. The minimum absolute atomic E-state index is 0.324. The van der Waals surface area contributed by atoms with Gasteiger partial charge in [-0.3, -0.25) is 4.79 Å². The maximum Gasteiger partial charge on any atom is 0.293 e. The molecule has 1 rings (SSSR count). The molecule has 0 aliphatic rings. The fourth-order valence-electron chi connectivity index (χ4n) is 0.185. The fourth-order valence-corrected chi connectivity index (χ4v) is 0.185. The molecule has 0 amide bonds. The Morgan fingerprint density at radius 1 is 1.83 bits per heavy atom. The fraction of sp³-hybridized carbons (Fsp3) is 0. The minimum Gasteiger partial charge on any atom is -0.265 e. The van der Waals surface area contributed by atoms with E-state index in [1.807, 2.05) is 0 Å². The van der Waals surface area contributed by atoms with Crippen LogP contribution in [0.5, 0.6) is 0 Å². The molecule has 0 fully saturated rings. The van der Waals surface area contributed by atoms with Gasteiger partial charge in [0, 0.05) is 0 Å². The van der Waals surface area contributed by atoms with E-state index in [2.05, 4.69) is 21.6 Å². The lowest BCUT2D eigenvalue weighted by molar-refractivity contribution is 0.929. The quantitative estimate of drug-likeness (QED) is 0.419. The van der Waals surface area contributed by atoms with Gasteiger partial charge in [-0.25, -0.2) is 10.3 Å². The Balaban J connectivity index is 3.41. The van der Waals surface area contributed by atoms with Gasteiger partial charge < -0.3 is 0 Å². The third-order valence-electron chi connectivity index (χ3n) is 0.383. The molecule has 1 aromatic rings. The molecule has 4 nitrogen and oxygen atoms in total. The third-order valence-corrected chi connectivity index (χ3v) is 0.383. The third kappa shape index (κ3) is 0.314. The zero-order valence-corrected chi connectivity index (χ0v) is 2.86. The van der Waals surface area contributed by atoms with Crippen LogP contribution in [0.2, 0.25) is 0 Å². The summed E-state index contributed by atoms with van der Waals surface area (Å²) >= 11 is 0. The van der Waals surface area contributed by atoms with Gasteiger partial charge in [-0.2, -0.15) is 5.10 Å². The Morgan fingerprint density at radius 3 is 2.83 bits per heavy atom. The van der Waals surface area contributed by atoms with Gasteiger partial charge in [-0.05, 0) is 0 Å². The first-order valence-corrected chi connectivity index (χ1v) is 1.40. The molecular formula is C2H2N3O. The summed E-state index contributed by atoms with van der Waals surface area (Å²) in [5.41, 5.74) is -0.324. The average Bonchev–Trinajstić information content (AvgIpc) is 1.86. The maximum atomic E-state index is 9.86. The lowest BCUT2D eigenvalue weighted by atomic mass is 10.9. The van der Waals surface area contributed by atoms with Gasteiger partial charge in [-0.1, -0.05) is 0 Å². The van der Waals surface area contributed by atoms with Crippen molar-refractivity contribution in [3.8, 4) is 0 Å². The van der Waals surface area contributed by atoms with E-state index in [0.29, 0.717) is 0 Å². The molecule has 0 saturated carbocycles. The molecule has 1 radical (unpaired) electrons. The van der Waals surface area contributed by atoms with Crippen molar-refractivity contribution in [2.45, 2.75) is 0 Å². The number of nitrogens with zero attached hydrogens (tertiary/aromatic N) is 1. The van der Waals surface area contributed by atoms with Crippen molar-refractivity contribution in [2.24, 2.45) is 0 Å². The Bertz CT molecular complexity index is 147. The van der Waals surface area contributed by atoms with Crippen LogP contribution >= 0.6 is 0 Å². The van der Waals surface area contributed by atoms with E-state index in [-0.39, 0.29) is 5.56 Å². The molecule has 4 heteroatoms. The molecular weight excluding hydrogens is 82.0 g/mol. The molecule has 0 atom stereocenters. The van der Waals surface area contributed by atoms with Crippen LogP contribution in [0.4, 0.5) is 0 Å². The predicted molar refractivity (Wildman–Crippen MR) is 18.0 cm³/mol. The number of hydrogen-bond acceptors (Lipinski definition) is 2. The highest BCUT2D eigenvalue weighted by Crippen LogP contribution is 1.40. The number of nitrogens with one attached hydrogen (secondary N) is 2. The molecule has 0 spiro atoms. The highest BCUT2D eigenvalue weighted by atomic mass is 16.1. The van der Waals surface area contributed by atoms with Crippen LogP contribution in [-0.4, -0.2) is 15.4 Å². The molecule has 0 saturated heterocycles. The molecule has 1 heterocycles. The van der Waals surface area contributed by atoms with Gasteiger partial charge in [0.15, 0.2) is 6.20 Å². The summed E-state index contributed by atoms with van der Waals surface area (Å²) in [5, 5.41) is 7.54. The number of H-pyrrole nitrogens is 2. The summed E-state index contributed by atoms with van der Waals surface area (Å²) in [4.78, 5) is 9.86. The van der Waals surface area contributed by atoms with Gasteiger partial charge >= 0.3 is 0 Å². The second kappa shape index (κ2) is 0.965. The van der Waals surface area contributed by atoms with Gasteiger partial charge in [0.2, 0.25) is 0 Å². The summed E-state index contributed by atoms with van der Waals surface area (Å²) in [6.07, 6.45) is 2.08. The van der Waals surface area contributed by atoms with Crippen molar-refractivity contribution in [1.82, 2.24) is 15.4 Å². The first kappa shape index (κ1) is 3.14. The van der Waals surface area contributed by atoms with E-state index in [4.69, 9.17) is 0 Å². The Labute approximate surface area is 33.2 Å². The van der Waals surface area contributed by atoms with E-state index < -0.39 is 0 Å². The Morgan fingerprint density at radius 2 is 2.67 bits per heavy atom. The van der Waals surface area contributed by atoms with Crippen molar-refractivity contribution in [2.75, 3.05) is 0 Å². The van der Waals surface area contributed by atoms with Crippen molar-refractivity contribution in [3.63, 3.8) is 0 Å². The van der Waals surface area contributed by atoms with Crippen LogP contribution < -0.4 is 5.56 Å². The van der Waals surface area contributed by atoms with Gasteiger partial charge in [0.1, 0.15) is 0 Å². The van der Waals surface area contributed by atoms with Gasteiger partial charge in [-0.15, -0.1) is 0 Å². The molecule has 0 bridgehead atoms. The monoisotopic (exact) mass is 84.0 g/mol. The molecule has 0 aliphatic heterocycles. The zero-order valence-electron chi connectivity index (χ0n) is 2.86. The van der Waals surface area contributed by atoms with Crippen molar-refractivity contribution in [1.29, 1.82) is 0 Å². The Kier molecular flexibility index (Phi) is 0.506. The number of aromatic amines is 2. The predicted octanol–water partition coefficient (Wildman–Crippen LogP) is -1.10. The standard InChI is InChI=1S/C2H2N3O/c6-2-1-3-5-4-2/h(H2,3,4,5,6). The van der Waals surface area contributed by atoms with Gasteiger partial charge in [0.05, 0.1) is 0 Å². The minimum atomic E-state index is -0.324. The molecule has 0 aromatic carbocycles. The molecule has 1 aromatic heterocycles. The smallest absolute Gasteiger partial charge is 0.265 e. The van der Waals surface area contributed by atoms with Crippen LogP contribution in [0.25, 0.3) is 0 Å². The second-order valence-electron chi connectivity index (χ2n) is 0.790. The summed E-state index contributed by atoms with van der Waals surface area (Å²) in [6.45, 7) is 0. The van der Waals surface area contributed by atoms with Crippen molar-refractivity contribution < 1.29 is 0 Å². The lowest BCUT2D eigenvalue weighted by Gasteiger charge is -1.53. The topological polar surface area (TPSA) is 61.5 Å². The molecule has 31 valence electrons. The normalized spacial score (nSPS) is 8.67. The maximum absolute atomic E-state index is 9.86. The first-order chi connectivity index (χ1) is 2.89. The van der Waals surface area contributed by atoms with Crippen LogP contribution in [0.1, 0.15) is 0 Å². The van der Waals surface area contributed by atoms with Crippen LogP contribution in [-0.2, 0) is 0 Å². The number of aromatic nitrogens is 3. The van der Waals surface area contributed by atoms with Crippen molar-refractivity contribution >= 4 is 0 Å². The molecule has 6 heavy (non-hydrogen) atoms. The van der Waals surface area contributed by atoms with Crippen LogP contribution in [0.3, 0.4) is 0 Å². The lowest BCUT2D eigenvalue weighted by Crippen LogP contribution is -1.94. The summed E-state index contributed by atoms with van der Waals surface area (Å²) in [7, 11) is 0. The summed E-state index contributed by atoms with van der Waals surface area (Å²) in [5.74, 6) is 0. The summed E-state index contributed by atoms with van der Waals surface area (Å²) < 4.78 is 0. The highest BCUT2D eigenvalue weighted by molar-refractivity contribution is 4.56. The van der Waals surface area contributed by atoms with Crippen LogP contribution in [0, 0.1) is 6.20 Å². The van der Waals surface area contributed by atoms with E-state index in [1.165, 1.54) is 0 Å². The average molecular weight is 84.1 g/mol.